The van der Waals surface area contributed by atoms with E-state index in [2.05, 4.69) is 10.2 Å². The first-order valence-electron chi connectivity index (χ1n) is 11.6. The Labute approximate surface area is 200 Å². The molecule has 1 amide bonds. The second-order valence-electron chi connectivity index (χ2n) is 8.46. The summed E-state index contributed by atoms with van der Waals surface area (Å²) in [5.41, 5.74) is 1.47. The zero-order chi connectivity index (χ0) is 24.5. The number of likely N-dealkylation sites (tertiary alicyclic amines) is 1. The lowest BCUT2D eigenvalue weighted by Crippen LogP contribution is -2.44. The lowest BCUT2D eigenvalue weighted by Gasteiger charge is -2.32. The Morgan fingerprint density at radius 1 is 1.03 bits per heavy atom. The highest BCUT2D eigenvalue weighted by Crippen LogP contribution is 2.28. The van der Waals surface area contributed by atoms with Crippen LogP contribution in [0.4, 0.5) is 4.39 Å². The fraction of sp³-hybridized carbons (Fsp3) is 0.462. The van der Waals surface area contributed by atoms with Gasteiger partial charge in [-0.15, -0.1) is 0 Å². The summed E-state index contributed by atoms with van der Waals surface area (Å²) in [6.07, 6.45) is 2.67. The summed E-state index contributed by atoms with van der Waals surface area (Å²) in [6, 6.07) is 10.3. The van der Waals surface area contributed by atoms with Crippen molar-refractivity contribution in [3.05, 3.63) is 53.3 Å². The molecule has 0 unspecified atom stereocenters. The van der Waals surface area contributed by atoms with Gasteiger partial charge in [-0.3, -0.25) is 14.5 Å². The van der Waals surface area contributed by atoms with Gasteiger partial charge in [0.1, 0.15) is 0 Å². The van der Waals surface area contributed by atoms with Gasteiger partial charge in [0, 0.05) is 37.7 Å². The van der Waals surface area contributed by atoms with Crippen molar-refractivity contribution in [3.8, 4) is 17.2 Å². The van der Waals surface area contributed by atoms with E-state index in [1.54, 1.807) is 24.3 Å². The molecule has 0 aromatic heterocycles. The number of benzene rings is 2. The van der Waals surface area contributed by atoms with E-state index in [0.717, 1.165) is 31.5 Å². The molecule has 0 spiro atoms. The summed E-state index contributed by atoms with van der Waals surface area (Å²) < 4.78 is 29.9. The molecule has 0 radical (unpaired) electrons. The van der Waals surface area contributed by atoms with Crippen LogP contribution in [0.2, 0.25) is 0 Å². The Morgan fingerprint density at radius 3 is 2.38 bits per heavy atom. The Kier molecular flexibility index (Phi) is 9.27. The molecule has 2 aromatic rings. The third-order valence-corrected chi connectivity index (χ3v) is 5.95. The molecule has 8 heteroatoms. The van der Waals surface area contributed by atoms with E-state index < -0.39 is 0 Å². The van der Waals surface area contributed by atoms with Gasteiger partial charge in [0.15, 0.2) is 28.8 Å². The van der Waals surface area contributed by atoms with Crippen molar-refractivity contribution >= 4 is 11.7 Å². The van der Waals surface area contributed by atoms with Crippen molar-refractivity contribution in [3.63, 3.8) is 0 Å². The first-order valence-corrected chi connectivity index (χ1v) is 11.6. The van der Waals surface area contributed by atoms with Crippen molar-refractivity contribution in [2.75, 3.05) is 33.9 Å². The smallest absolute Gasteiger partial charge is 0.220 e. The molecule has 34 heavy (non-hydrogen) atoms. The lowest BCUT2D eigenvalue weighted by atomic mass is 10.0. The van der Waals surface area contributed by atoms with E-state index in [4.69, 9.17) is 14.2 Å². The Balaban J connectivity index is 1.35. The largest absolute Gasteiger partial charge is 0.494 e. The Hall–Kier alpha value is -3.13. The highest BCUT2D eigenvalue weighted by atomic mass is 19.1. The summed E-state index contributed by atoms with van der Waals surface area (Å²) >= 11 is 0. The fourth-order valence-corrected chi connectivity index (χ4v) is 4.02. The Morgan fingerprint density at radius 2 is 1.74 bits per heavy atom. The monoisotopic (exact) mass is 472 g/mol. The second-order valence-corrected chi connectivity index (χ2v) is 8.46. The number of piperidine rings is 1. The van der Waals surface area contributed by atoms with Crippen LogP contribution >= 0.6 is 0 Å². The highest BCUT2D eigenvalue weighted by molar-refractivity contribution is 5.94. The summed E-state index contributed by atoms with van der Waals surface area (Å²) in [7, 11) is 2.98. The first-order chi connectivity index (χ1) is 16.4. The van der Waals surface area contributed by atoms with Crippen molar-refractivity contribution in [1.82, 2.24) is 10.2 Å². The molecule has 0 atom stereocenters. The van der Waals surface area contributed by atoms with Gasteiger partial charge in [0.25, 0.3) is 0 Å². The Bertz CT molecular complexity index is 989. The van der Waals surface area contributed by atoms with Gasteiger partial charge >= 0.3 is 0 Å². The van der Waals surface area contributed by atoms with Gasteiger partial charge in [-0.1, -0.05) is 6.07 Å². The predicted octanol–water partition coefficient (Wildman–Crippen LogP) is 3.99. The topological polar surface area (TPSA) is 77.1 Å². The number of ether oxygens (including phenoxy) is 3. The number of Topliss-reactive ketones (excluding diaryl/α,β-unsaturated/α-hetero) is 1. The molecule has 1 aliphatic heterocycles. The summed E-state index contributed by atoms with van der Waals surface area (Å²) in [6.45, 7) is 4.24. The van der Waals surface area contributed by atoms with E-state index in [9.17, 15) is 14.0 Å². The van der Waals surface area contributed by atoms with Crippen LogP contribution in [0.3, 0.4) is 0 Å². The number of ketones is 1. The molecule has 1 aliphatic rings. The van der Waals surface area contributed by atoms with Gasteiger partial charge in [-0.25, -0.2) is 4.39 Å². The van der Waals surface area contributed by atoms with Crippen LogP contribution in [0.5, 0.6) is 17.2 Å². The molecule has 0 saturated carbocycles. The normalized spacial score (nSPS) is 14.5. The van der Waals surface area contributed by atoms with E-state index in [-0.39, 0.29) is 29.3 Å². The van der Waals surface area contributed by atoms with Crippen LogP contribution in [0.15, 0.2) is 36.4 Å². The first kappa shape index (κ1) is 25.5. The molecule has 1 N–H and O–H groups in total. The minimum Gasteiger partial charge on any atom is -0.494 e. The minimum atomic E-state index is -0.349. The number of hydrogen-bond donors (Lipinski definition) is 1. The molecule has 0 aliphatic carbocycles. The number of rotatable bonds is 11. The molecule has 184 valence electrons. The van der Waals surface area contributed by atoms with Crippen LogP contribution in [0.25, 0.3) is 0 Å². The fourth-order valence-electron chi connectivity index (χ4n) is 4.02. The summed E-state index contributed by atoms with van der Waals surface area (Å²) in [4.78, 5) is 26.1. The maximum Gasteiger partial charge on any atom is 0.220 e. The average Bonchev–Trinajstić information content (AvgIpc) is 2.83. The maximum atomic E-state index is 13.9. The van der Waals surface area contributed by atoms with Crippen molar-refractivity contribution in [1.29, 1.82) is 0 Å². The van der Waals surface area contributed by atoms with Crippen LogP contribution in [-0.2, 0) is 11.3 Å². The third-order valence-electron chi connectivity index (χ3n) is 5.95. The van der Waals surface area contributed by atoms with Crippen LogP contribution < -0.4 is 19.5 Å². The third kappa shape index (κ3) is 7.18. The average molecular weight is 473 g/mol. The molecule has 1 heterocycles. The highest BCUT2D eigenvalue weighted by Gasteiger charge is 2.21. The lowest BCUT2D eigenvalue weighted by molar-refractivity contribution is -0.122. The van der Waals surface area contributed by atoms with Crippen LogP contribution in [0, 0.1) is 5.82 Å². The zero-order valence-corrected chi connectivity index (χ0v) is 20.1. The number of nitrogens with one attached hydrogen (secondary N) is 1. The number of methoxy groups -OCH3 is 2. The SMILES string of the molecule is COc1ccc(CN2CCC(NC(=O)CCCOc3ccc(C(C)=O)cc3OC)CC2)cc1F. The molecule has 1 fully saturated rings. The molecule has 3 rings (SSSR count). The molecular formula is C26H33FN2O5. The van der Waals surface area contributed by atoms with Gasteiger partial charge < -0.3 is 19.5 Å². The van der Waals surface area contributed by atoms with Gasteiger partial charge in [-0.05, 0) is 62.1 Å². The molecule has 0 bridgehead atoms. The standard InChI is InChI=1S/C26H33FN2O5/c1-18(30)20-7-9-24(25(16-20)33-3)34-14-4-5-26(31)28-21-10-12-29(13-11-21)17-19-6-8-23(32-2)22(27)15-19/h6-9,15-16,21H,4-5,10-14,17H2,1-3H3,(H,28,31). The maximum absolute atomic E-state index is 13.9. The van der Waals surface area contributed by atoms with E-state index in [1.165, 1.54) is 27.2 Å². The van der Waals surface area contributed by atoms with Crippen LogP contribution in [0.1, 0.15) is 48.5 Å². The quantitative estimate of drug-likeness (QED) is 0.394. The minimum absolute atomic E-state index is 0.0122. The number of carbonyl (C=O) groups excluding carboxylic acids is 2. The van der Waals surface area contributed by atoms with E-state index >= 15 is 0 Å². The molecular weight excluding hydrogens is 439 g/mol. The summed E-state index contributed by atoms with van der Waals surface area (Å²) in [5, 5.41) is 3.11. The number of halogens is 1. The molecule has 2 aromatic carbocycles. The van der Waals surface area contributed by atoms with Gasteiger partial charge in [0.05, 0.1) is 20.8 Å². The van der Waals surface area contributed by atoms with E-state index in [0.29, 0.717) is 43.1 Å². The number of carbonyl (C=O) groups is 2. The number of amides is 1. The number of nitrogens with zero attached hydrogens (tertiary/aromatic N) is 1. The van der Waals surface area contributed by atoms with Crippen molar-refractivity contribution in [2.24, 2.45) is 0 Å². The zero-order valence-electron chi connectivity index (χ0n) is 20.1. The number of hydrogen-bond acceptors (Lipinski definition) is 6. The second kappa shape index (κ2) is 12.4. The van der Waals surface area contributed by atoms with Gasteiger partial charge in [0.2, 0.25) is 5.91 Å². The predicted molar refractivity (Wildman–Crippen MR) is 127 cm³/mol. The van der Waals surface area contributed by atoms with Crippen molar-refractivity contribution < 1.29 is 28.2 Å². The van der Waals surface area contributed by atoms with Gasteiger partial charge in [-0.2, -0.15) is 0 Å². The van der Waals surface area contributed by atoms with Crippen LogP contribution in [-0.4, -0.2) is 56.5 Å². The molecule has 1 saturated heterocycles. The summed E-state index contributed by atoms with van der Waals surface area (Å²) in [5.74, 6) is 0.928. The van der Waals surface area contributed by atoms with E-state index in [1.807, 2.05) is 6.07 Å². The van der Waals surface area contributed by atoms with Crippen molar-refractivity contribution in [2.45, 2.75) is 45.2 Å². The molecule has 7 nitrogen and oxygen atoms in total.